The van der Waals surface area contributed by atoms with Gasteiger partial charge in [0.1, 0.15) is 11.5 Å². The lowest BCUT2D eigenvalue weighted by Gasteiger charge is -2.04. The number of rotatable bonds is 2. The zero-order valence-electron chi connectivity index (χ0n) is 8.32. The predicted molar refractivity (Wildman–Crippen MR) is 55.5 cm³/mol. The normalized spacial score (nSPS) is 10.4. The van der Waals surface area contributed by atoms with Crippen LogP contribution in [0.25, 0.3) is 11.3 Å². The minimum Gasteiger partial charge on any atom is -0.392 e. The van der Waals surface area contributed by atoms with Crippen LogP contribution in [-0.2, 0) is 6.61 Å². The summed E-state index contributed by atoms with van der Waals surface area (Å²) in [7, 11) is 0. The van der Waals surface area contributed by atoms with Crippen molar-refractivity contribution in [2.45, 2.75) is 6.61 Å². The third-order valence-corrected chi connectivity index (χ3v) is 2.19. The molecule has 0 unspecified atom stereocenters. The number of aliphatic hydroxyl groups excluding tert-OH is 1. The Hall–Kier alpha value is -1.81. The maximum atomic E-state index is 13.4. The average molecular weight is 221 g/mol. The van der Waals surface area contributed by atoms with Crippen molar-refractivity contribution in [1.82, 2.24) is 4.98 Å². The first-order valence-electron chi connectivity index (χ1n) is 4.72. The molecule has 1 aromatic heterocycles. The number of benzene rings is 1. The van der Waals surface area contributed by atoms with Crippen molar-refractivity contribution in [1.29, 1.82) is 0 Å². The van der Waals surface area contributed by atoms with Crippen LogP contribution in [0.4, 0.5) is 8.78 Å². The number of hydrogen-bond acceptors (Lipinski definition) is 2. The van der Waals surface area contributed by atoms with Crippen LogP contribution >= 0.6 is 0 Å². The molecule has 0 atom stereocenters. The van der Waals surface area contributed by atoms with Gasteiger partial charge in [0.05, 0.1) is 12.8 Å². The number of hydrogen-bond donors (Lipinski definition) is 1. The topological polar surface area (TPSA) is 33.1 Å². The molecule has 0 saturated heterocycles. The van der Waals surface area contributed by atoms with Crippen LogP contribution in [0, 0.1) is 11.6 Å². The quantitative estimate of drug-likeness (QED) is 0.845. The lowest BCUT2D eigenvalue weighted by atomic mass is 10.1. The van der Waals surface area contributed by atoms with E-state index in [-0.39, 0.29) is 12.3 Å². The molecule has 1 heterocycles. The molecule has 0 fully saturated rings. The van der Waals surface area contributed by atoms with E-state index in [9.17, 15) is 8.78 Å². The van der Waals surface area contributed by atoms with Gasteiger partial charge in [0.2, 0.25) is 0 Å². The van der Waals surface area contributed by atoms with Gasteiger partial charge in [-0.25, -0.2) is 8.78 Å². The van der Waals surface area contributed by atoms with Crippen molar-refractivity contribution >= 4 is 0 Å². The number of nitrogens with zero attached hydrogens (tertiary/aromatic N) is 1. The first kappa shape index (κ1) is 10.7. The van der Waals surface area contributed by atoms with E-state index in [4.69, 9.17) is 5.11 Å². The highest BCUT2D eigenvalue weighted by Gasteiger charge is 2.08. The standard InChI is InChI=1S/C12H9F2NO/c13-10-5-11(14)12(15-6-10)9-3-1-2-8(4-9)7-16/h1-6,16H,7H2. The van der Waals surface area contributed by atoms with E-state index in [0.717, 1.165) is 12.3 Å². The van der Waals surface area contributed by atoms with Gasteiger partial charge in [-0.15, -0.1) is 0 Å². The Labute approximate surface area is 91.2 Å². The molecule has 2 rings (SSSR count). The molecule has 0 saturated carbocycles. The van der Waals surface area contributed by atoms with Crippen molar-refractivity contribution in [3.05, 3.63) is 53.7 Å². The van der Waals surface area contributed by atoms with Gasteiger partial charge in [-0.05, 0) is 11.6 Å². The van der Waals surface area contributed by atoms with Crippen LogP contribution in [-0.4, -0.2) is 10.1 Å². The maximum Gasteiger partial charge on any atom is 0.152 e. The summed E-state index contributed by atoms with van der Waals surface area (Å²) < 4.78 is 26.1. The Bertz CT molecular complexity index is 514. The fourth-order valence-corrected chi connectivity index (χ4v) is 1.44. The number of halogens is 2. The molecule has 2 aromatic rings. The van der Waals surface area contributed by atoms with Crippen molar-refractivity contribution in [3.8, 4) is 11.3 Å². The maximum absolute atomic E-state index is 13.4. The molecule has 82 valence electrons. The second-order valence-electron chi connectivity index (χ2n) is 3.34. The second kappa shape index (κ2) is 4.37. The van der Waals surface area contributed by atoms with E-state index in [1.807, 2.05) is 0 Å². The van der Waals surface area contributed by atoms with Crippen molar-refractivity contribution < 1.29 is 13.9 Å². The van der Waals surface area contributed by atoms with Crippen LogP contribution in [0.15, 0.2) is 36.5 Å². The summed E-state index contributed by atoms with van der Waals surface area (Å²) in [4.78, 5) is 3.69. The molecule has 0 spiro atoms. The molecule has 0 aliphatic carbocycles. The van der Waals surface area contributed by atoms with Crippen LogP contribution in [0.1, 0.15) is 5.56 Å². The van der Waals surface area contributed by atoms with Crippen LogP contribution < -0.4 is 0 Å². The highest BCUT2D eigenvalue weighted by atomic mass is 19.1. The van der Waals surface area contributed by atoms with Crippen molar-refractivity contribution in [2.24, 2.45) is 0 Å². The van der Waals surface area contributed by atoms with E-state index < -0.39 is 11.6 Å². The third kappa shape index (κ3) is 2.06. The Balaban J connectivity index is 2.49. The molecule has 0 bridgehead atoms. The van der Waals surface area contributed by atoms with Gasteiger partial charge in [0, 0.05) is 11.6 Å². The van der Waals surface area contributed by atoms with Gasteiger partial charge in [0.15, 0.2) is 5.82 Å². The molecule has 0 radical (unpaired) electrons. The largest absolute Gasteiger partial charge is 0.392 e. The summed E-state index contributed by atoms with van der Waals surface area (Å²) in [6.45, 7) is -0.128. The molecule has 4 heteroatoms. The lowest BCUT2D eigenvalue weighted by Crippen LogP contribution is -1.92. The number of aromatic nitrogens is 1. The van der Waals surface area contributed by atoms with Gasteiger partial charge in [-0.3, -0.25) is 4.98 Å². The lowest BCUT2D eigenvalue weighted by molar-refractivity contribution is 0.282. The average Bonchev–Trinajstić information content (AvgIpc) is 2.29. The molecular formula is C12H9F2NO. The summed E-state index contributed by atoms with van der Waals surface area (Å²) in [6.07, 6.45) is 0.962. The summed E-state index contributed by atoms with van der Waals surface area (Å²) >= 11 is 0. The van der Waals surface area contributed by atoms with E-state index in [1.54, 1.807) is 24.3 Å². The van der Waals surface area contributed by atoms with Gasteiger partial charge in [-0.1, -0.05) is 18.2 Å². The van der Waals surface area contributed by atoms with Gasteiger partial charge in [-0.2, -0.15) is 0 Å². The van der Waals surface area contributed by atoms with Crippen LogP contribution in [0.5, 0.6) is 0 Å². The summed E-state index contributed by atoms with van der Waals surface area (Å²) in [5.74, 6) is -1.42. The molecule has 0 aliphatic heterocycles. The van der Waals surface area contributed by atoms with E-state index in [1.165, 1.54) is 0 Å². The third-order valence-electron chi connectivity index (χ3n) is 2.19. The zero-order valence-corrected chi connectivity index (χ0v) is 8.32. The van der Waals surface area contributed by atoms with E-state index in [0.29, 0.717) is 11.1 Å². The van der Waals surface area contributed by atoms with E-state index >= 15 is 0 Å². The Morgan fingerprint density at radius 2 is 2.00 bits per heavy atom. The monoisotopic (exact) mass is 221 g/mol. The first-order valence-corrected chi connectivity index (χ1v) is 4.72. The summed E-state index contributed by atoms with van der Waals surface area (Å²) in [5.41, 5.74) is 1.25. The highest BCUT2D eigenvalue weighted by molar-refractivity contribution is 5.60. The summed E-state index contributed by atoms with van der Waals surface area (Å²) in [6, 6.07) is 7.45. The minimum atomic E-state index is -0.713. The molecule has 16 heavy (non-hydrogen) atoms. The number of aliphatic hydroxyl groups is 1. The second-order valence-corrected chi connectivity index (χ2v) is 3.34. The smallest absolute Gasteiger partial charge is 0.152 e. The fourth-order valence-electron chi connectivity index (χ4n) is 1.44. The number of pyridine rings is 1. The van der Waals surface area contributed by atoms with Gasteiger partial charge in [0.25, 0.3) is 0 Å². The van der Waals surface area contributed by atoms with Gasteiger partial charge >= 0.3 is 0 Å². The van der Waals surface area contributed by atoms with E-state index in [2.05, 4.69) is 4.98 Å². The molecule has 0 aliphatic rings. The Morgan fingerprint density at radius 3 is 2.69 bits per heavy atom. The zero-order chi connectivity index (χ0) is 11.5. The summed E-state index contributed by atoms with van der Waals surface area (Å²) in [5, 5.41) is 8.95. The Morgan fingerprint density at radius 1 is 1.19 bits per heavy atom. The van der Waals surface area contributed by atoms with Crippen LogP contribution in [0.2, 0.25) is 0 Å². The van der Waals surface area contributed by atoms with Crippen molar-refractivity contribution in [3.63, 3.8) is 0 Å². The predicted octanol–water partition coefficient (Wildman–Crippen LogP) is 2.52. The molecule has 0 amide bonds. The first-order chi connectivity index (χ1) is 7.70. The molecule has 1 aromatic carbocycles. The molecule has 1 N–H and O–H groups in total. The fraction of sp³-hybridized carbons (Fsp3) is 0.0833. The van der Waals surface area contributed by atoms with Crippen LogP contribution in [0.3, 0.4) is 0 Å². The Kier molecular flexibility index (Phi) is 2.92. The molecular weight excluding hydrogens is 212 g/mol. The van der Waals surface area contributed by atoms with Gasteiger partial charge < -0.3 is 5.11 Å². The SMILES string of the molecule is OCc1cccc(-c2ncc(F)cc2F)c1. The molecule has 2 nitrogen and oxygen atoms in total. The minimum absolute atomic E-state index is 0.0803. The highest BCUT2D eigenvalue weighted by Crippen LogP contribution is 2.21. The van der Waals surface area contributed by atoms with Crippen molar-refractivity contribution in [2.75, 3.05) is 0 Å².